The highest BCUT2D eigenvalue weighted by atomic mass is 32.2. The second-order valence-corrected chi connectivity index (χ2v) is 7.37. The van der Waals surface area contributed by atoms with Gasteiger partial charge in [-0.1, -0.05) is 25.0 Å². The predicted octanol–water partition coefficient (Wildman–Crippen LogP) is 0.942. The third kappa shape index (κ3) is 4.71. The van der Waals surface area contributed by atoms with Crippen LogP contribution < -0.4 is 16.6 Å². The molecule has 4 N–H and O–H groups in total. The van der Waals surface area contributed by atoms with Crippen LogP contribution in [0.1, 0.15) is 31.2 Å². The van der Waals surface area contributed by atoms with Gasteiger partial charge in [0, 0.05) is 12.3 Å². The summed E-state index contributed by atoms with van der Waals surface area (Å²) in [6.07, 6.45) is 5.96. The molecule has 1 aromatic carbocycles. The Balaban J connectivity index is 1.97. The van der Waals surface area contributed by atoms with Crippen LogP contribution in [0.3, 0.4) is 0 Å². The lowest BCUT2D eigenvalue weighted by molar-refractivity contribution is 0.602. The molecule has 1 aliphatic carbocycles. The van der Waals surface area contributed by atoms with Crippen LogP contribution in [-0.2, 0) is 16.4 Å². The van der Waals surface area contributed by atoms with Gasteiger partial charge in [-0.15, -0.1) is 0 Å². The number of sulfone groups is 1. The Hall–Kier alpha value is -1.60. The normalized spacial score (nSPS) is 17.0. The number of guanidine groups is 1. The third-order valence-corrected chi connectivity index (χ3v) is 4.73. The molecule has 0 amide bonds. The molecule has 1 fully saturated rings. The molecule has 0 radical (unpaired) electrons. The zero-order valence-corrected chi connectivity index (χ0v) is 13.0. The van der Waals surface area contributed by atoms with Crippen molar-refractivity contribution in [1.82, 2.24) is 10.7 Å². The number of nitrogens with two attached hydrogens (primary N) is 1. The minimum Gasteiger partial charge on any atom is -0.353 e. The van der Waals surface area contributed by atoms with E-state index in [2.05, 4.69) is 15.7 Å². The highest BCUT2D eigenvalue weighted by molar-refractivity contribution is 7.90. The van der Waals surface area contributed by atoms with Gasteiger partial charge in [0.05, 0.1) is 11.4 Å². The first kappa shape index (κ1) is 15.8. The van der Waals surface area contributed by atoms with Crippen LogP contribution in [0.4, 0.5) is 0 Å². The second-order valence-electron chi connectivity index (χ2n) is 5.35. The zero-order valence-electron chi connectivity index (χ0n) is 12.2. The molecule has 1 aromatic rings. The van der Waals surface area contributed by atoms with Crippen LogP contribution in [0.2, 0.25) is 0 Å². The second kappa shape index (κ2) is 6.91. The fraction of sp³-hybridized carbons (Fsp3) is 0.500. The van der Waals surface area contributed by atoms with Gasteiger partial charge in [-0.3, -0.25) is 5.43 Å². The summed E-state index contributed by atoms with van der Waals surface area (Å²) in [5, 5.41) is 3.29. The van der Waals surface area contributed by atoms with Crippen LogP contribution >= 0.6 is 0 Å². The number of hydrogen-bond donors (Lipinski definition) is 3. The Morgan fingerprint density at radius 1 is 1.29 bits per heavy atom. The Labute approximate surface area is 125 Å². The minimum absolute atomic E-state index is 0.316. The number of nitrogens with one attached hydrogen (secondary N) is 2. The lowest BCUT2D eigenvalue weighted by Gasteiger charge is -2.15. The molecule has 21 heavy (non-hydrogen) atoms. The molecular formula is C14H22N4O2S. The Kier molecular flexibility index (Phi) is 5.19. The molecule has 116 valence electrons. The van der Waals surface area contributed by atoms with Gasteiger partial charge in [0.15, 0.2) is 9.84 Å². The van der Waals surface area contributed by atoms with Crippen molar-refractivity contribution in [2.24, 2.45) is 10.8 Å². The van der Waals surface area contributed by atoms with Gasteiger partial charge in [0.1, 0.15) is 0 Å². The minimum atomic E-state index is -3.15. The van der Waals surface area contributed by atoms with Crippen LogP contribution in [0, 0.1) is 0 Å². The highest BCUT2D eigenvalue weighted by Crippen LogP contribution is 2.17. The Morgan fingerprint density at radius 3 is 2.43 bits per heavy atom. The number of benzene rings is 1. The first-order valence-corrected chi connectivity index (χ1v) is 8.95. The number of rotatable bonds is 4. The van der Waals surface area contributed by atoms with Gasteiger partial charge < -0.3 is 5.32 Å². The van der Waals surface area contributed by atoms with Crippen LogP contribution in [0.25, 0.3) is 0 Å². The van der Waals surface area contributed by atoms with Crippen LogP contribution in [0.15, 0.2) is 34.2 Å². The topological polar surface area (TPSA) is 96.6 Å². The van der Waals surface area contributed by atoms with Gasteiger partial charge in [-0.25, -0.2) is 19.3 Å². The molecule has 1 saturated carbocycles. The van der Waals surface area contributed by atoms with Crippen molar-refractivity contribution in [2.45, 2.75) is 43.2 Å². The van der Waals surface area contributed by atoms with E-state index < -0.39 is 9.84 Å². The van der Waals surface area contributed by atoms with Gasteiger partial charge in [0.2, 0.25) is 5.96 Å². The SMILES string of the molecule is CS(=O)(=O)c1ccc(CN=C(NN)NC2CCCC2)cc1. The van der Waals surface area contributed by atoms with Gasteiger partial charge in [-0.05, 0) is 30.5 Å². The Morgan fingerprint density at radius 2 is 1.90 bits per heavy atom. The van der Waals surface area contributed by atoms with E-state index in [-0.39, 0.29) is 0 Å². The van der Waals surface area contributed by atoms with E-state index in [1.54, 1.807) is 24.3 Å². The monoisotopic (exact) mass is 310 g/mol. The number of aliphatic imine (C=N–C) groups is 1. The summed E-state index contributed by atoms with van der Waals surface area (Å²) in [6, 6.07) is 7.17. The largest absolute Gasteiger partial charge is 0.353 e. The average Bonchev–Trinajstić information content (AvgIpc) is 2.96. The van der Waals surface area contributed by atoms with Crippen molar-refractivity contribution in [3.8, 4) is 0 Å². The quantitative estimate of drug-likeness (QED) is 0.333. The molecule has 7 heteroatoms. The summed E-state index contributed by atoms with van der Waals surface area (Å²) >= 11 is 0. The Bertz CT molecular complexity index is 590. The van der Waals surface area contributed by atoms with Crippen LogP contribution in [-0.4, -0.2) is 26.7 Å². The lowest BCUT2D eigenvalue weighted by atomic mass is 10.2. The molecule has 0 aromatic heterocycles. The highest BCUT2D eigenvalue weighted by Gasteiger charge is 2.15. The van der Waals surface area contributed by atoms with Crippen molar-refractivity contribution in [3.63, 3.8) is 0 Å². The summed E-state index contributed by atoms with van der Waals surface area (Å²) in [5.41, 5.74) is 3.51. The van der Waals surface area contributed by atoms with E-state index in [9.17, 15) is 8.42 Å². The fourth-order valence-corrected chi connectivity index (χ4v) is 3.04. The smallest absolute Gasteiger partial charge is 0.206 e. The molecule has 1 aliphatic rings. The van der Waals surface area contributed by atoms with Crippen molar-refractivity contribution in [2.75, 3.05) is 6.26 Å². The predicted molar refractivity (Wildman–Crippen MR) is 83.4 cm³/mol. The molecule has 0 aliphatic heterocycles. The van der Waals surface area contributed by atoms with E-state index in [0.29, 0.717) is 23.4 Å². The van der Waals surface area contributed by atoms with Crippen molar-refractivity contribution < 1.29 is 8.42 Å². The van der Waals surface area contributed by atoms with E-state index in [1.807, 2.05) is 0 Å². The van der Waals surface area contributed by atoms with Crippen molar-refractivity contribution in [1.29, 1.82) is 0 Å². The molecule has 0 unspecified atom stereocenters. The summed E-state index contributed by atoms with van der Waals surface area (Å²) < 4.78 is 22.8. The maximum Gasteiger partial charge on any atom is 0.206 e. The van der Waals surface area contributed by atoms with E-state index in [4.69, 9.17) is 5.84 Å². The standard InChI is InChI=1S/C14H22N4O2S/c1-21(19,20)13-8-6-11(7-9-13)10-16-14(18-15)17-12-4-2-3-5-12/h6-9,12H,2-5,10,15H2,1H3,(H2,16,17,18). The molecule has 2 rings (SSSR count). The fourth-order valence-electron chi connectivity index (χ4n) is 2.41. The first-order valence-electron chi connectivity index (χ1n) is 7.05. The molecule has 0 spiro atoms. The van der Waals surface area contributed by atoms with Gasteiger partial charge in [0.25, 0.3) is 0 Å². The average molecular weight is 310 g/mol. The number of nitrogens with zero attached hydrogens (tertiary/aromatic N) is 1. The first-order chi connectivity index (χ1) is 9.99. The molecule has 0 heterocycles. The van der Waals surface area contributed by atoms with Crippen molar-refractivity contribution >= 4 is 15.8 Å². The van der Waals surface area contributed by atoms with Gasteiger partial charge >= 0.3 is 0 Å². The summed E-state index contributed by atoms with van der Waals surface area (Å²) in [4.78, 5) is 4.70. The lowest BCUT2D eigenvalue weighted by Crippen LogP contribution is -2.45. The molecule has 0 bridgehead atoms. The zero-order chi connectivity index (χ0) is 15.3. The maximum absolute atomic E-state index is 11.4. The van der Waals surface area contributed by atoms with E-state index >= 15 is 0 Å². The summed E-state index contributed by atoms with van der Waals surface area (Å²) in [7, 11) is -3.15. The number of hydrazine groups is 1. The summed E-state index contributed by atoms with van der Waals surface area (Å²) in [5.74, 6) is 6.05. The van der Waals surface area contributed by atoms with Gasteiger partial charge in [-0.2, -0.15) is 0 Å². The molecule has 6 nitrogen and oxygen atoms in total. The maximum atomic E-state index is 11.4. The number of hydrogen-bond acceptors (Lipinski definition) is 4. The molecule has 0 saturated heterocycles. The van der Waals surface area contributed by atoms with E-state index in [0.717, 1.165) is 18.4 Å². The summed E-state index contributed by atoms with van der Waals surface area (Å²) in [6.45, 7) is 0.448. The molecule has 0 atom stereocenters. The third-order valence-electron chi connectivity index (χ3n) is 3.60. The van der Waals surface area contributed by atoms with Crippen LogP contribution in [0.5, 0.6) is 0 Å². The molecular weight excluding hydrogens is 288 g/mol. The van der Waals surface area contributed by atoms with Crippen molar-refractivity contribution in [3.05, 3.63) is 29.8 Å². The van der Waals surface area contributed by atoms with E-state index in [1.165, 1.54) is 19.1 Å².